The van der Waals surface area contributed by atoms with Crippen LogP contribution in [0.2, 0.25) is 0 Å². The van der Waals surface area contributed by atoms with Crippen LogP contribution in [0.4, 0.5) is 0 Å². The quantitative estimate of drug-likeness (QED) is 0.370. The Morgan fingerprint density at radius 3 is 2.72 bits per heavy atom. The number of carboxylic acids is 1. The van der Waals surface area contributed by atoms with Gasteiger partial charge in [0, 0.05) is 11.0 Å². The normalized spacial score (nSPS) is 21.1. The van der Waals surface area contributed by atoms with Crippen LogP contribution in [0.15, 0.2) is 57.4 Å². The molecule has 1 unspecified atom stereocenters. The molecule has 7 nitrogen and oxygen atoms in total. The summed E-state index contributed by atoms with van der Waals surface area (Å²) in [6.07, 6.45) is 1.86. The summed E-state index contributed by atoms with van der Waals surface area (Å²) in [7, 11) is -2.43. The van der Waals surface area contributed by atoms with Crippen molar-refractivity contribution in [1.29, 1.82) is 5.41 Å². The van der Waals surface area contributed by atoms with E-state index in [-0.39, 0.29) is 18.1 Å². The number of aliphatic carboxylic acids is 1. The van der Waals surface area contributed by atoms with Crippen LogP contribution in [-0.4, -0.2) is 26.7 Å². The molecular formula is C21H22N2O5S. The van der Waals surface area contributed by atoms with Gasteiger partial charge in [-0.25, -0.2) is 4.98 Å². The van der Waals surface area contributed by atoms with E-state index in [1.54, 1.807) is 30.7 Å². The van der Waals surface area contributed by atoms with E-state index in [4.69, 9.17) is 14.6 Å². The van der Waals surface area contributed by atoms with E-state index in [1.807, 2.05) is 30.3 Å². The summed E-state index contributed by atoms with van der Waals surface area (Å²) in [6, 6.07) is 9.51. The summed E-state index contributed by atoms with van der Waals surface area (Å²) >= 11 is 0. The molecule has 2 N–H and O–H groups in total. The monoisotopic (exact) mass is 414 g/mol. The first-order valence-corrected chi connectivity index (χ1v) is 10.9. The lowest BCUT2D eigenvalue weighted by molar-refractivity contribution is -0.139. The lowest BCUT2D eigenvalue weighted by Gasteiger charge is -2.28. The standard InChI is InChI=1S/C21H22N2O5S/c1-3-17(21(25)26)19(22)29(13-24)10-9-16(12-29)27-11-18-14(2)28-20(23-18)15-7-5-4-6-8-15/h4-10,12-13,17,22H,3,11H2,1-2H3,(H,25,26)/t17-/m0/s1. The Labute approximate surface area is 169 Å². The van der Waals surface area contributed by atoms with E-state index in [9.17, 15) is 14.7 Å². The van der Waals surface area contributed by atoms with Gasteiger partial charge in [-0.3, -0.25) is 15.0 Å². The minimum Gasteiger partial charge on any atom is -0.487 e. The zero-order chi connectivity index (χ0) is 21.0. The van der Waals surface area contributed by atoms with Crippen LogP contribution in [0.3, 0.4) is 0 Å². The molecule has 0 bridgehead atoms. The van der Waals surface area contributed by atoms with E-state index >= 15 is 0 Å². The molecule has 0 radical (unpaired) electrons. The molecule has 3 rings (SSSR count). The van der Waals surface area contributed by atoms with Crippen LogP contribution >= 0.6 is 10.0 Å². The smallest absolute Gasteiger partial charge is 0.313 e. The number of hydrogen-bond donors (Lipinski definition) is 2. The molecule has 2 atom stereocenters. The van der Waals surface area contributed by atoms with Crippen LogP contribution in [-0.2, 0) is 20.9 Å². The van der Waals surface area contributed by atoms with Crippen molar-refractivity contribution in [2.75, 3.05) is 0 Å². The summed E-state index contributed by atoms with van der Waals surface area (Å²) < 4.78 is 11.5. The van der Waals surface area contributed by atoms with E-state index < -0.39 is 21.9 Å². The highest BCUT2D eigenvalue weighted by atomic mass is 32.3. The molecule has 0 amide bonds. The van der Waals surface area contributed by atoms with Crippen LogP contribution in [0.5, 0.6) is 0 Å². The van der Waals surface area contributed by atoms with Gasteiger partial charge in [-0.15, -0.1) is 0 Å². The number of rotatable bonds is 8. The Morgan fingerprint density at radius 2 is 2.10 bits per heavy atom. The van der Waals surface area contributed by atoms with Crippen molar-refractivity contribution in [2.45, 2.75) is 26.9 Å². The number of aromatic nitrogens is 1. The molecule has 0 fully saturated rings. The molecule has 2 aromatic rings. The number of carbonyl (C=O) groups excluding carboxylic acids is 1. The fourth-order valence-electron chi connectivity index (χ4n) is 2.92. The molecule has 152 valence electrons. The molecule has 0 saturated heterocycles. The van der Waals surface area contributed by atoms with Gasteiger partial charge in [-0.2, -0.15) is 0 Å². The second kappa shape index (κ2) is 8.48. The van der Waals surface area contributed by atoms with E-state index in [0.29, 0.717) is 28.7 Å². The highest BCUT2D eigenvalue weighted by Crippen LogP contribution is 2.56. The number of oxazole rings is 1. The van der Waals surface area contributed by atoms with Crippen LogP contribution in [0, 0.1) is 18.3 Å². The number of benzene rings is 1. The van der Waals surface area contributed by atoms with Gasteiger partial charge < -0.3 is 14.3 Å². The highest BCUT2D eigenvalue weighted by Gasteiger charge is 2.36. The minimum absolute atomic E-state index is 0.0960. The molecule has 1 aromatic carbocycles. The van der Waals surface area contributed by atoms with E-state index in [1.165, 1.54) is 0 Å². The zero-order valence-corrected chi connectivity index (χ0v) is 16.9. The summed E-state index contributed by atoms with van der Waals surface area (Å²) in [5.41, 5.74) is 2.14. The van der Waals surface area contributed by atoms with Crippen molar-refractivity contribution >= 4 is 26.7 Å². The third-order valence-electron chi connectivity index (χ3n) is 4.62. The Morgan fingerprint density at radius 1 is 1.38 bits per heavy atom. The lowest BCUT2D eigenvalue weighted by atomic mass is 10.1. The average molecular weight is 414 g/mol. The number of aryl methyl sites for hydroxylation is 1. The number of ether oxygens (including phenoxy) is 1. The fraction of sp³-hybridized carbons (Fsp3) is 0.238. The summed E-state index contributed by atoms with van der Waals surface area (Å²) in [5.74, 6) is -0.555. The van der Waals surface area contributed by atoms with Gasteiger partial charge in [0.05, 0.1) is 5.04 Å². The summed E-state index contributed by atoms with van der Waals surface area (Å²) in [6.45, 7) is 3.62. The number of carboxylic acid groups (broad SMARTS) is 1. The van der Waals surface area contributed by atoms with Crippen LogP contribution < -0.4 is 0 Å². The minimum atomic E-state index is -2.43. The predicted molar refractivity (Wildman–Crippen MR) is 112 cm³/mol. The van der Waals surface area contributed by atoms with E-state index in [0.717, 1.165) is 5.56 Å². The van der Waals surface area contributed by atoms with Gasteiger partial charge in [0.25, 0.3) is 0 Å². The maximum atomic E-state index is 11.8. The van der Waals surface area contributed by atoms with Gasteiger partial charge in [0.1, 0.15) is 29.7 Å². The Bertz CT molecular complexity index is 996. The molecule has 8 heteroatoms. The van der Waals surface area contributed by atoms with Gasteiger partial charge in [-0.05, 0) is 37.0 Å². The van der Waals surface area contributed by atoms with E-state index in [2.05, 4.69) is 4.98 Å². The lowest BCUT2D eigenvalue weighted by Crippen LogP contribution is -2.25. The van der Waals surface area contributed by atoms with Crippen molar-refractivity contribution in [1.82, 2.24) is 4.98 Å². The fourth-order valence-corrected chi connectivity index (χ4v) is 5.14. The molecule has 0 aliphatic carbocycles. The SMILES string of the molecule is CC[C@@H](C(=N)S1(C=O)C=CC(OCc2nc(-c3ccccc3)oc2C)=C1)C(=O)O. The molecule has 1 aliphatic heterocycles. The van der Waals surface area contributed by atoms with Crippen LogP contribution in [0.1, 0.15) is 24.8 Å². The molecular weight excluding hydrogens is 392 g/mol. The maximum absolute atomic E-state index is 11.8. The molecule has 0 spiro atoms. The third-order valence-corrected chi connectivity index (χ3v) is 7.19. The van der Waals surface area contributed by atoms with Crippen molar-refractivity contribution in [3.8, 4) is 11.5 Å². The molecule has 2 heterocycles. The topological polar surface area (TPSA) is 113 Å². The maximum Gasteiger partial charge on any atom is 0.313 e. The number of nitrogens with zero attached hydrogens (tertiary/aromatic N) is 1. The summed E-state index contributed by atoms with van der Waals surface area (Å²) in [4.78, 5) is 27.6. The van der Waals surface area contributed by atoms with Crippen molar-refractivity contribution in [2.24, 2.45) is 5.92 Å². The first-order valence-electron chi connectivity index (χ1n) is 9.04. The average Bonchev–Trinajstić information content (AvgIpc) is 3.31. The predicted octanol–water partition coefficient (Wildman–Crippen LogP) is 4.62. The largest absolute Gasteiger partial charge is 0.487 e. The van der Waals surface area contributed by atoms with Crippen molar-refractivity contribution < 1.29 is 23.8 Å². The third kappa shape index (κ3) is 4.17. The molecule has 29 heavy (non-hydrogen) atoms. The Hall–Kier alpha value is -3.13. The first-order chi connectivity index (χ1) is 13.9. The van der Waals surface area contributed by atoms with Crippen molar-refractivity contribution in [3.05, 3.63) is 64.4 Å². The first kappa shape index (κ1) is 20.6. The number of hydrogen-bond acceptors (Lipinski definition) is 6. The molecule has 0 saturated carbocycles. The van der Waals surface area contributed by atoms with Crippen molar-refractivity contribution in [3.63, 3.8) is 0 Å². The van der Waals surface area contributed by atoms with Gasteiger partial charge in [-0.1, -0.05) is 35.2 Å². The Kier molecular flexibility index (Phi) is 6.03. The Balaban J connectivity index is 1.74. The van der Waals surface area contributed by atoms with Crippen LogP contribution in [0.25, 0.3) is 11.5 Å². The molecule has 1 aromatic heterocycles. The van der Waals surface area contributed by atoms with Gasteiger partial charge >= 0.3 is 5.97 Å². The number of carbonyl (C=O) groups is 2. The summed E-state index contributed by atoms with van der Waals surface area (Å²) in [5, 5.41) is 20.6. The number of nitrogens with one attached hydrogen (secondary N) is 1. The second-order valence-corrected chi connectivity index (χ2v) is 9.18. The van der Waals surface area contributed by atoms with Gasteiger partial charge in [0.2, 0.25) is 5.89 Å². The zero-order valence-electron chi connectivity index (χ0n) is 16.1. The van der Waals surface area contributed by atoms with Gasteiger partial charge in [0.15, 0.2) is 5.62 Å². The number of allylic oxidation sites excluding steroid dienone is 1. The second-order valence-electron chi connectivity index (χ2n) is 6.52. The molecule has 1 aliphatic rings. The highest BCUT2D eigenvalue weighted by molar-refractivity contribution is 8.58.